The number of aliphatic imine (C=N–C) groups is 1. The van der Waals surface area contributed by atoms with Gasteiger partial charge in [0.15, 0.2) is 28.7 Å². The van der Waals surface area contributed by atoms with E-state index >= 15 is 0 Å². The van der Waals surface area contributed by atoms with Crippen LogP contribution in [0.25, 0.3) is 5.65 Å². The Hall–Kier alpha value is -3.61. The number of hydrogen-bond donors (Lipinski definition) is 2. The maximum Gasteiger partial charge on any atom is 0.573 e. The fourth-order valence-electron chi connectivity index (χ4n) is 3.35. The zero-order valence-electron chi connectivity index (χ0n) is 18.0. The van der Waals surface area contributed by atoms with Gasteiger partial charge in [0.2, 0.25) is 0 Å². The lowest BCUT2D eigenvalue weighted by molar-refractivity contribution is -0.275. The second kappa shape index (κ2) is 8.06. The van der Waals surface area contributed by atoms with Crippen LogP contribution in [0.3, 0.4) is 0 Å². The molecule has 1 atom stereocenters. The highest BCUT2D eigenvalue weighted by Gasteiger charge is 2.34. The zero-order chi connectivity index (χ0) is 24.0. The molecule has 0 aliphatic carbocycles. The van der Waals surface area contributed by atoms with E-state index in [4.69, 9.17) is 9.57 Å². The van der Waals surface area contributed by atoms with Crippen molar-refractivity contribution >= 4 is 17.3 Å². The van der Waals surface area contributed by atoms with Gasteiger partial charge in [-0.1, -0.05) is 0 Å². The minimum absolute atomic E-state index is 0.115. The van der Waals surface area contributed by atoms with Crippen LogP contribution in [-0.2, 0) is 4.84 Å². The van der Waals surface area contributed by atoms with E-state index in [1.807, 2.05) is 0 Å². The van der Waals surface area contributed by atoms with E-state index in [1.165, 1.54) is 11.6 Å². The molecule has 0 bridgehead atoms. The third kappa shape index (κ3) is 4.77. The largest absolute Gasteiger partial charge is 0.573 e. The van der Waals surface area contributed by atoms with Gasteiger partial charge in [0, 0.05) is 17.8 Å². The van der Waals surface area contributed by atoms with E-state index in [0.29, 0.717) is 28.9 Å². The van der Waals surface area contributed by atoms with Crippen LogP contribution in [-0.4, -0.2) is 39.6 Å². The molecule has 1 aliphatic rings. The van der Waals surface area contributed by atoms with Crippen molar-refractivity contribution in [3.05, 3.63) is 47.5 Å². The standard InChI is InChI=1S/C20H20F4N6O3/c1-10(12-7-11(21)8-14(16(12)31-4)32-20(22,23)24)26-15-5-6-30-18(27-15)13(9-25-30)17-28-19(2,3)33-29-17/h5-10H,1-4H3,(H,26,27)(H,28,29)/t10-/m1/s1. The molecule has 0 amide bonds. The molecule has 0 saturated heterocycles. The molecule has 2 N–H and O–H groups in total. The predicted molar refractivity (Wildman–Crippen MR) is 109 cm³/mol. The summed E-state index contributed by atoms with van der Waals surface area (Å²) in [4.78, 5) is 14.3. The molecule has 176 valence electrons. The summed E-state index contributed by atoms with van der Waals surface area (Å²) in [6.07, 6.45) is -1.79. The summed E-state index contributed by atoms with van der Waals surface area (Å²) < 4.78 is 62.9. The third-order valence-electron chi connectivity index (χ3n) is 4.71. The van der Waals surface area contributed by atoms with Crippen LogP contribution in [0, 0.1) is 5.82 Å². The molecule has 4 rings (SSSR count). The van der Waals surface area contributed by atoms with Gasteiger partial charge in [-0.05, 0) is 32.9 Å². The number of alkyl halides is 3. The number of anilines is 1. The molecule has 3 heterocycles. The van der Waals surface area contributed by atoms with Crippen molar-refractivity contribution < 1.29 is 31.9 Å². The summed E-state index contributed by atoms with van der Waals surface area (Å²) in [5.74, 6) is -1.12. The number of ether oxygens (including phenoxy) is 2. The first-order valence-electron chi connectivity index (χ1n) is 9.74. The minimum Gasteiger partial charge on any atom is -0.492 e. The molecule has 0 unspecified atom stereocenters. The average Bonchev–Trinajstić information content (AvgIpc) is 3.28. The highest BCUT2D eigenvalue weighted by atomic mass is 19.4. The lowest BCUT2D eigenvalue weighted by Crippen LogP contribution is -2.23. The van der Waals surface area contributed by atoms with Gasteiger partial charge < -0.3 is 14.8 Å². The monoisotopic (exact) mass is 468 g/mol. The topological polar surface area (TPSA) is 94.3 Å². The quantitative estimate of drug-likeness (QED) is 0.529. The molecular formula is C20H20F4N6O3. The number of hydroxylamine groups is 1. The first kappa shape index (κ1) is 22.6. The highest BCUT2D eigenvalue weighted by Crippen LogP contribution is 2.39. The molecule has 3 aromatic rings. The van der Waals surface area contributed by atoms with Crippen LogP contribution >= 0.6 is 0 Å². The lowest BCUT2D eigenvalue weighted by Gasteiger charge is -2.21. The number of fused-ring (bicyclic) bond motifs is 1. The maximum atomic E-state index is 14.1. The molecule has 1 aliphatic heterocycles. The number of halogens is 4. The molecule has 0 fully saturated rings. The van der Waals surface area contributed by atoms with E-state index in [9.17, 15) is 17.6 Å². The van der Waals surface area contributed by atoms with E-state index in [2.05, 4.69) is 30.6 Å². The maximum absolute atomic E-state index is 14.1. The Kier molecular flexibility index (Phi) is 5.52. The fourth-order valence-corrected chi connectivity index (χ4v) is 3.35. The second-order valence-electron chi connectivity index (χ2n) is 7.69. The van der Waals surface area contributed by atoms with Gasteiger partial charge in [-0.15, -0.1) is 13.2 Å². The summed E-state index contributed by atoms with van der Waals surface area (Å²) in [6.45, 7) is 5.19. The molecule has 0 saturated carbocycles. The zero-order valence-corrected chi connectivity index (χ0v) is 18.0. The SMILES string of the molecule is COc1c(OC(F)(F)F)cc(F)cc1[C@@H](C)Nc1ccn2ncc(C3=NC(C)(C)ON3)c2n1. The summed E-state index contributed by atoms with van der Waals surface area (Å²) in [5, 5.41) is 7.27. The Morgan fingerprint density at radius 1 is 1.27 bits per heavy atom. The van der Waals surface area contributed by atoms with Crippen LogP contribution in [0.1, 0.15) is 37.9 Å². The van der Waals surface area contributed by atoms with E-state index in [-0.39, 0.29) is 11.3 Å². The highest BCUT2D eigenvalue weighted by molar-refractivity contribution is 6.03. The molecule has 13 heteroatoms. The molecule has 9 nitrogen and oxygen atoms in total. The number of methoxy groups -OCH3 is 1. The Labute approximate surface area is 185 Å². The van der Waals surface area contributed by atoms with Gasteiger partial charge >= 0.3 is 6.36 Å². The summed E-state index contributed by atoms with van der Waals surface area (Å²) in [7, 11) is 1.18. The van der Waals surface area contributed by atoms with E-state index in [1.54, 1.807) is 39.2 Å². The van der Waals surface area contributed by atoms with E-state index in [0.717, 1.165) is 6.07 Å². The number of rotatable bonds is 6. The Morgan fingerprint density at radius 3 is 2.67 bits per heavy atom. The second-order valence-corrected chi connectivity index (χ2v) is 7.69. The smallest absolute Gasteiger partial charge is 0.492 e. The van der Waals surface area contributed by atoms with Gasteiger partial charge in [-0.2, -0.15) is 5.10 Å². The summed E-state index contributed by atoms with van der Waals surface area (Å²) in [6, 6.07) is 2.60. The summed E-state index contributed by atoms with van der Waals surface area (Å²) in [5.41, 5.74) is 3.14. The molecule has 33 heavy (non-hydrogen) atoms. The van der Waals surface area contributed by atoms with Crippen molar-refractivity contribution in [3.63, 3.8) is 0 Å². The lowest BCUT2D eigenvalue weighted by atomic mass is 10.1. The van der Waals surface area contributed by atoms with Crippen molar-refractivity contribution in [2.24, 2.45) is 4.99 Å². The van der Waals surface area contributed by atoms with Crippen LogP contribution in [0.15, 0.2) is 35.6 Å². The Balaban J connectivity index is 1.66. The first-order chi connectivity index (χ1) is 15.5. The van der Waals surface area contributed by atoms with Crippen LogP contribution in [0.5, 0.6) is 11.5 Å². The Bertz CT molecular complexity index is 1220. The third-order valence-corrected chi connectivity index (χ3v) is 4.71. The van der Waals surface area contributed by atoms with Gasteiger partial charge in [0.25, 0.3) is 0 Å². The predicted octanol–water partition coefficient (Wildman–Crippen LogP) is 3.97. The molecule has 2 aromatic heterocycles. The number of amidine groups is 1. The number of nitrogens with zero attached hydrogens (tertiary/aromatic N) is 4. The van der Waals surface area contributed by atoms with Crippen molar-refractivity contribution in [1.29, 1.82) is 0 Å². The number of hydrogen-bond acceptors (Lipinski definition) is 8. The van der Waals surface area contributed by atoms with Crippen LogP contribution in [0.4, 0.5) is 23.4 Å². The summed E-state index contributed by atoms with van der Waals surface area (Å²) >= 11 is 0. The molecular weight excluding hydrogens is 448 g/mol. The fraction of sp³-hybridized carbons (Fsp3) is 0.350. The molecule has 1 aromatic carbocycles. The normalized spacial score (nSPS) is 16.3. The minimum atomic E-state index is -5.00. The van der Waals surface area contributed by atoms with Gasteiger partial charge in [0.1, 0.15) is 11.6 Å². The van der Waals surface area contributed by atoms with Crippen LogP contribution in [0.2, 0.25) is 0 Å². The average molecular weight is 468 g/mol. The first-order valence-corrected chi connectivity index (χ1v) is 9.74. The van der Waals surface area contributed by atoms with Gasteiger partial charge in [-0.3, -0.25) is 0 Å². The van der Waals surface area contributed by atoms with Crippen molar-refractivity contribution in [2.75, 3.05) is 12.4 Å². The number of nitrogens with one attached hydrogen (secondary N) is 2. The number of aromatic nitrogens is 3. The van der Waals surface area contributed by atoms with E-state index < -0.39 is 29.7 Å². The molecule has 0 radical (unpaired) electrons. The molecule has 0 spiro atoms. The van der Waals surface area contributed by atoms with Crippen molar-refractivity contribution in [3.8, 4) is 11.5 Å². The van der Waals surface area contributed by atoms with Crippen LogP contribution < -0.4 is 20.3 Å². The number of benzene rings is 1. The van der Waals surface area contributed by atoms with Gasteiger partial charge in [0.05, 0.1) is 24.9 Å². The van der Waals surface area contributed by atoms with Gasteiger partial charge in [-0.25, -0.2) is 29.2 Å². The Morgan fingerprint density at radius 2 is 2.03 bits per heavy atom. The van der Waals surface area contributed by atoms with Crippen molar-refractivity contribution in [2.45, 2.75) is 38.9 Å². The van der Waals surface area contributed by atoms with Crippen molar-refractivity contribution in [1.82, 2.24) is 20.1 Å².